The first kappa shape index (κ1) is 17.2. The van der Waals surface area contributed by atoms with Gasteiger partial charge in [0.05, 0.1) is 0 Å². The van der Waals surface area contributed by atoms with Crippen molar-refractivity contribution >= 4 is 17.8 Å². The molecule has 3 aliphatic rings. The Morgan fingerprint density at radius 1 is 1.29 bits per heavy atom. The number of nitrogens with zero attached hydrogens (tertiary/aromatic N) is 2. The summed E-state index contributed by atoms with van der Waals surface area (Å²) < 4.78 is 5.40. The Morgan fingerprint density at radius 3 is 2.50 bits per heavy atom. The maximum absolute atomic E-state index is 13.0. The molecule has 3 rings (SSSR count). The molecule has 0 aromatic heterocycles. The highest BCUT2D eigenvalue weighted by atomic mass is 16.5. The van der Waals surface area contributed by atoms with Crippen LogP contribution in [0.3, 0.4) is 0 Å². The molecule has 2 amide bonds. The van der Waals surface area contributed by atoms with Crippen LogP contribution >= 0.6 is 0 Å². The van der Waals surface area contributed by atoms with Crippen LogP contribution in [0.15, 0.2) is 0 Å². The molecule has 1 N–H and O–H groups in total. The summed E-state index contributed by atoms with van der Waals surface area (Å²) in [5.74, 6) is -0.521. The van der Waals surface area contributed by atoms with Gasteiger partial charge >= 0.3 is 5.97 Å². The molecule has 7 nitrogen and oxygen atoms in total. The van der Waals surface area contributed by atoms with Crippen molar-refractivity contribution in [2.45, 2.75) is 63.6 Å². The zero-order chi connectivity index (χ0) is 17.3. The fourth-order valence-corrected chi connectivity index (χ4v) is 4.16. The zero-order valence-electron chi connectivity index (χ0n) is 14.5. The SMILES string of the molecule is CC[C@@H](OC(C)=O)[C@@H](C(=O)N1CCCC1)N1CC2(CCCN2)C1=O. The number of amides is 2. The zero-order valence-corrected chi connectivity index (χ0v) is 14.5. The van der Waals surface area contributed by atoms with Crippen LogP contribution in [0.1, 0.15) is 46.0 Å². The van der Waals surface area contributed by atoms with Gasteiger partial charge in [-0.3, -0.25) is 14.4 Å². The number of hydrogen-bond acceptors (Lipinski definition) is 5. The Hall–Kier alpha value is -1.63. The largest absolute Gasteiger partial charge is 0.460 e. The predicted octanol–water partition coefficient (Wildman–Crippen LogP) is 0.284. The first-order chi connectivity index (χ1) is 11.5. The summed E-state index contributed by atoms with van der Waals surface area (Å²) in [6.45, 7) is 6.03. The van der Waals surface area contributed by atoms with E-state index in [0.717, 1.165) is 45.3 Å². The van der Waals surface area contributed by atoms with Crippen molar-refractivity contribution in [2.24, 2.45) is 0 Å². The van der Waals surface area contributed by atoms with Crippen LogP contribution in [0.25, 0.3) is 0 Å². The second kappa shape index (κ2) is 6.70. The summed E-state index contributed by atoms with van der Waals surface area (Å²) in [4.78, 5) is 40.7. The third kappa shape index (κ3) is 2.90. The lowest BCUT2D eigenvalue weighted by atomic mass is 9.84. The van der Waals surface area contributed by atoms with Crippen LogP contribution in [0.4, 0.5) is 0 Å². The highest BCUT2D eigenvalue weighted by Gasteiger charge is 2.58. The first-order valence-corrected chi connectivity index (χ1v) is 9.00. The van der Waals surface area contributed by atoms with Gasteiger partial charge in [0.1, 0.15) is 17.7 Å². The van der Waals surface area contributed by atoms with Gasteiger partial charge in [0.15, 0.2) is 0 Å². The summed E-state index contributed by atoms with van der Waals surface area (Å²) in [7, 11) is 0. The van der Waals surface area contributed by atoms with Gasteiger partial charge in [0, 0.05) is 26.6 Å². The molecule has 3 heterocycles. The van der Waals surface area contributed by atoms with Crippen molar-refractivity contribution < 1.29 is 19.1 Å². The lowest BCUT2D eigenvalue weighted by molar-refractivity contribution is -0.173. The number of rotatable bonds is 5. The van der Waals surface area contributed by atoms with Gasteiger partial charge in [-0.1, -0.05) is 6.92 Å². The number of esters is 1. The highest BCUT2D eigenvalue weighted by molar-refractivity contribution is 5.98. The van der Waals surface area contributed by atoms with Gasteiger partial charge in [-0.2, -0.15) is 0 Å². The normalized spacial score (nSPS) is 28.8. The molecule has 3 atom stereocenters. The fourth-order valence-electron chi connectivity index (χ4n) is 4.16. The molecule has 3 aliphatic heterocycles. The second-order valence-electron chi connectivity index (χ2n) is 7.08. The smallest absolute Gasteiger partial charge is 0.302 e. The van der Waals surface area contributed by atoms with Crippen LogP contribution in [-0.4, -0.2) is 71.4 Å². The Balaban J connectivity index is 1.80. The van der Waals surface area contributed by atoms with Crippen LogP contribution in [0.5, 0.6) is 0 Å². The van der Waals surface area contributed by atoms with Crippen molar-refractivity contribution in [1.82, 2.24) is 15.1 Å². The van der Waals surface area contributed by atoms with E-state index in [4.69, 9.17) is 4.74 Å². The van der Waals surface area contributed by atoms with E-state index in [9.17, 15) is 14.4 Å². The molecule has 1 unspecified atom stereocenters. The minimum absolute atomic E-state index is 0.0249. The van der Waals surface area contributed by atoms with Crippen molar-refractivity contribution in [2.75, 3.05) is 26.2 Å². The Morgan fingerprint density at radius 2 is 2.00 bits per heavy atom. The predicted molar refractivity (Wildman–Crippen MR) is 87.1 cm³/mol. The number of hydrogen-bond donors (Lipinski definition) is 1. The molecule has 3 saturated heterocycles. The average Bonchev–Trinajstić information content (AvgIpc) is 3.24. The third-order valence-electron chi connectivity index (χ3n) is 5.43. The maximum atomic E-state index is 13.0. The van der Waals surface area contributed by atoms with E-state index in [2.05, 4.69) is 5.32 Å². The Bertz CT molecular complexity index is 524. The van der Waals surface area contributed by atoms with Gasteiger partial charge in [-0.25, -0.2) is 0 Å². The molecular formula is C17H27N3O4. The number of carbonyl (C=O) groups is 3. The van der Waals surface area contributed by atoms with Crippen molar-refractivity contribution in [3.8, 4) is 0 Å². The van der Waals surface area contributed by atoms with E-state index >= 15 is 0 Å². The topological polar surface area (TPSA) is 79.0 Å². The fraction of sp³-hybridized carbons (Fsp3) is 0.824. The standard InChI is InChI=1S/C17H27N3O4/c1-3-13(24-12(2)21)14(15(22)19-9-4-5-10-19)20-11-17(16(20)23)7-6-8-18-17/h13-14,18H,3-11H2,1-2H3/t13-,14+,17?/m1/s1. The molecule has 0 saturated carbocycles. The second-order valence-corrected chi connectivity index (χ2v) is 7.08. The lowest BCUT2D eigenvalue weighted by Crippen LogP contribution is -2.76. The molecule has 0 aromatic rings. The Labute approximate surface area is 142 Å². The maximum Gasteiger partial charge on any atom is 0.302 e. The average molecular weight is 337 g/mol. The van der Waals surface area contributed by atoms with E-state index in [-0.39, 0.29) is 11.8 Å². The molecule has 0 bridgehead atoms. The molecule has 1 spiro atoms. The van der Waals surface area contributed by atoms with E-state index in [1.54, 1.807) is 9.80 Å². The molecule has 7 heteroatoms. The van der Waals surface area contributed by atoms with Gasteiger partial charge < -0.3 is 19.9 Å². The molecule has 0 aliphatic carbocycles. The molecule has 134 valence electrons. The summed E-state index contributed by atoms with van der Waals surface area (Å²) in [6.07, 6.45) is 3.69. The van der Waals surface area contributed by atoms with Crippen LogP contribution in [0.2, 0.25) is 0 Å². The molecule has 3 fully saturated rings. The summed E-state index contributed by atoms with van der Waals surface area (Å²) in [5, 5.41) is 3.29. The van der Waals surface area contributed by atoms with Gasteiger partial charge in [-0.15, -0.1) is 0 Å². The summed E-state index contributed by atoms with van der Waals surface area (Å²) in [6, 6.07) is -0.697. The molecule has 0 radical (unpaired) electrons. The molecular weight excluding hydrogens is 310 g/mol. The van der Waals surface area contributed by atoms with E-state index in [0.29, 0.717) is 13.0 Å². The number of β-lactam (4-membered cyclic amide) rings is 1. The molecule has 0 aromatic carbocycles. The summed E-state index contributed by atoms with van der Waals surface area (Å²) in [5.41, 5.74) is -0.488. The van der Waals surface area contributed by atoms with Gasteiger partial charge in [0.25, 0.3) is 0 Å². The van der Waals surface area contributed by atoms with E-state index in [1.807, 2.05) is 6.92 Å². The quantitative estimate of drug-likeness (QED) is 0.576. The number of ether oxygens (including phenoxy) is 1. The molecule has 24 heavy (non-hydrogen) atoms. The third-order valence-corrected chi connectivity index (χ3v) is 5.43. The minimum Gasteiger partial charge on any atom is -0.460 e. The summed E-state index contributed by atoms with van der Waals surface area (Å²) >= 11 is 0. The lowest BCUT2D eigenvalue weighted by Gasteiger charge is -2.51. The number of carbonyl (C=O) groups excluding carboxylic acids is 3. The van der Waals surface area contributed by atoms with E-state index < -0.39 is 23.7 Å². The monoisotopic (exact) mass is 337 g/mol. The number of likely N-dealkylation sites (tertiary alicyclic amines) is 2. The first-order valence-electron chi connectivity index (χ1n) is 9.00. The minimum atomic E-state index is -0.697. The Kier molecular flexibility index (Phi) is 4.80. The van der Waals surface area contributed by atoms with Gasteiger partial charge in [0.2, 0.25) is 11.8 Å². The van der Waals surface area contributed by atoms with Gasteiger partial charge in [-0.05, 0) is 38.6 Å². The highest BCUT2D eigenvalue weighted by Crippen LogP contribution is 2.35. The van der Waals surface area contributed by atoms with Crippen molar-refractivity contribution in [3.05, 3.63) is 0 Å². The number of nitrogens with one attached hydrogen (secondary N) is 1. The van der Waals surface area contributed by atoms with Crippen molar-refractivity contribution in [3.63, 3.8) is 0 Å². The van der Waals surface area contributed by atoms with Crippen LogP contribution in [0, 0.1) is 0 Å². The van der Waals surface area contributed by atoms with Crippen LogP contribution in [-0.2, 0) is 19.1 Å². The van der Waals surface area contributed by atoms with Crippen molar-refractivity contribution in [1.29, 1.82) is 0 Å². The van der Waals surface area contributed by atoms with Crippen LogP contribution < -0.4 is 5.32 Å². The van der Waals surface area contributed by atoms with E-state index in [1.165, 1.54) is 6.92 Å².